The highest BCUT2D eigenvalue weighted by atomic mass is 14.1. The summed E-state index contributed by atoms with van der Waals surface area (Å²) in [6.07, 6.45) is 12.4. The van der Waals surface area contributed by atoms with Crippen LogP contribution in [-0.4, -0.2) is 0 Å². The zero-order valence-corrected chi connectivity index (χ0v) is 11.6. The molecule has 0 aliphatic heterocycles. The second kappa shape index (κ2) is 6.44. The predicted molar refractivity (Wildman–Crippen MR) is 78.0 cm³/mol. The van der Waals surface area contributed by atoms with Gasteiger partial charge in [0.2, 0.25) is 0 Å². The van der Waals surface area contributed by atoms with Crippen molar-refractivity contribution in [3.8, 4) is 0 Å². The molecule has 1 aliphatic rings. The number of hydrogen-bond acceptors (Lipinski definition) is 0. The van der Waals surface area contributed by atoms with Gasteiger partial charge in [0.15, 0.2) is 0 Å². The lowest BCUT2D eigenvalue weighted by molar-refractivity contribution is 0.901. The van der Waals surface area contributed by atoms with Gasteiger partial charge in [-0.05, 0) is 51.2 Å². The van der Waals surface area contributed by atoms with Crippen molar-refractivity contribution in [1.29, 1.82) is 0 Å². The monoisotopic (exact) mass is 228 g/mol. The number of rotatable bonds is 4. The van der Waals surface area contributed by atoms with E-state index in [1.165, 1.54) is 27.9 Å². The zero-order chi connectivity index (χ0) is 12.8. The van der Waals surface area contributed by atoms with Gasteiger partial charge >= 0.3 is 0 Å². The average Bonchev–Trinajstić information content (AvgIpc) is 2.29. The van der Waals surface area contributed by atoms with E-state index in [0.717, 1.165) is 19.3 Å². The molecule has 0 aromatic rings. The van der Waals surface area contributed by atoms with Crippen LogP contribution in [0.5, 0.6) is 0 Å². The molecule has 0 heterocycles. The van der Waals surface area contributed by atoms with Crippen molar-refractivity contribution in [3.63, 3.8) is 0 Å². The van der Waals surface area contributed by atoms with E-state index >= 15 is 0 Å². The normalized spacial score (nSPS) is 17.6. The van der Waals surface area contributed by atoms with Gasteiger partial charge in [0.05, 0.1) is 0 Å². The summed E-state index contributed by atoms with van der Waals surface area (Å²) >= 11 is 0. The van der Waals surface area contributed by atoms with Crippen LogP contribution >= 0.6 is 0 Å². The molecule has 0 unspecified atom stereocenters. The minimum absolute atomic E-state index is 1.09. The summed E-state index contributed by atoms with van der Waals surface area (Å²) in [6, 6.07) is 0. The van der Waals surface area contributed by atoms with Crippen LogP contribution in [0.3, 0.4) is 0 Å². The second-order valence-corrected chi connectivity index (χ2v) is 4.88. The lowest BCUT2D eigenvalue weighted by atomic mass is 9.89. The Balaban J connectivity index is 2.96. The molecule has 0 spiro atoms. The van der Waals surface area contributed by atoms with E-state index in [2.05, 4.69) is 58.6 Å². The zero-order valence-electron chi connectivity index (χ0n) is 11.6. The summed E-state index contributed by atoms with van der Waals surface area (Å²) in [5.74, 6) is 0. The van der Waals surface area contributed by atoms with Crippen LogP contribution in [0, 0.1) is 0 Å². The minimum atomic E-state index is 1.09. The van der Waals surface area contributed by atoms with E-state index in [9.17, 15) is 0 Å². The summed E-state index contributed by atoms with van der Waals surface area (Å²) in [4.78, 5) is 0. The van der Waals surface area contributed by atoms with E-state index in [0.29, 0.717) is 0 Å². The van der Waals surface area contributed by atoms with E-state index < -0.39 is 0 Å². The SMILES string of the molecule is C=C(C)C1=CC(/C=C(C)/C=C\CC)=C(C)CC1. The van der Waals surface area contributed by atoms with Gasteiger partial charge in [-0.15, -0.1) is 0 Å². The van der Waals surface area contributed by atoms with Crippen molar-refractivity contribution >= 4 is 0 Å². The predicted octanol–water partition coefficient (Wildman–Crippen LogP) is 5.51. The highest BCUT2D eigenvalue weighted by Crippen LogP contribution is 2.28. The quantitative estimate of drug-likeness (QED) is 0.556. The Morgan fingerprint density at radius 1 is 1.35 bits per heavy atom. The molecule has 92 valence electrons. The van der Waals surface area contributed by atoms with Crippen LogP contribution in [0.1, 0.15) is 47.0 Å². The number of allylic oxidation sites excluding steroid dienone is 9. The molecule has 0 atom stereocenters. The molecule has 1 aliphatic carbocycles. The van der Waals surface area contributed by atoms with Gasteiger partial charge in [0.25, 0.3) is 0 Å². The summed E-state index contributed by atoms with van der Waals surface area (Å²) in [5, 5.41) is 0. The van der Waals surface area contributed by atoms with Gasteiger partial charge in [0.1, 0.15) is 0 Å². The molecule has 0 saturated carbocycles. The molecule has 0 saturated heterocycles. The Hall–Kier alpha value is -1.30. The highest BCUT2D eigenvalue weighted by Gasteiger charge is 2.09. The van der Waals surface area contributed by atoms with Gasteiger partial charge in [-0.1, -0.05) is 54.5 Å². The van der Waals surface area contributed by atoms with Gasteiger partial charge in [0, 0.05) is 0 Å². The molecule has 0 nitrogen and oxygen atoms in total. The molecular formula is C17H24. The molecule has 0 heteroatoms. The van der Waals surface area contributed by atoms with Gasteiger partial charge in [-0.3, -0.25) is 0 Å². The van der Waals surface area contributed by atoms with Gasteiger partial charge < -0.3 is 0 Å². The first kappa shape index (κ1) is 13.8. The molecular weight excluding hydrogens is 204 g/mol. The fraction of sp³-hybridized carbons (Fsp3) is 0.412. The first-order valence-electron chi connectivity index (χ1n) is 6.45. The summed E-state index contributed by atoms with van der Waals surface area (Å²) < 4.78 is 0. The first-order valence-corrected chi connectivity index (χ1v) is 6.45. The Kier molecular flexibility index (Phi) is 5.21. The van der Waals surface area contributed by atoms with E-state index in [4.69, 9.17) is 0 Å². The maximum Gasteiger partial charge on any atom is -0.0239 e. The Labute approximate surface area is 106 Å². The van der Waals surface area contributed by atoms with Crippen molar-refractivity contribution in [2.45, 2.75) is 47.0 Å². The fourth-order valence-electron chi connectivity index (χ4n) is 1.95. The molecule has 0 amide bonds. The molecule has 0 radical (unpaired) electrons. The molecule has 0 bridgehead atoms. The minimum Gasteiger partial charge on any atom is -0.0958 e. The maximum absolute atomic E-state index is 4.04. The molecule has 0 aromatic carbocycles. The Morgan fingerprint density at radius 3 is 2.65 bits per heavy atom. The molecule has 0 N–H and O–H groups in total. The third-order valence-corrected chi connectivity index (χ3v) is 3.14. The van der Waals surface area contributed by atoms with E-state index in [1.807, 2.05) is 0 Å². The van der Waals surface area contributed by atoms with E-state index in [1.54, 1.807) is 0 Å². The summed E-state index contributed by atoms with van der Waals surface area (Å²) in [7, 11) is 0. The van der Waals surface area contributed by atoms with Crippen LogP contribution in [-0.2, 0) is 0 Å². The summed E-state index contributed by atoms with van der Waals surface area (Å²) in [6.45, 7) is 12.7. The first-order chi connectivity index (χ1) is 8.04. The second-order valence-electron chi connectivity index (χ2n) is 4.88. The topological polar surface area (TPSA) is 0 Å². The van der Waals surface area contributed by atoms with E-state index in [-0.39, 0.29) is 0 Å². The van der Waals surface area contributed by atoms with Crippen molar-refractivity contribution < 1.29 is 0 Å². The van der Waals surface area contributed by atoms with Gasteiger partial charge in [-0.25, -0.2) is 0 Å². The summed E-state index contributed by atoms with van der Waals surface area (Å²) in [5.41, 5.74) is 6.77. The fourth-order valence-corrected chi connectivity index (χ4v) is 1.95. The van der Waals surface area contributed by atoms with Crippen LogP contribution in [0.15, 0.2) is 58.7 Å². The molecule has 0 fully saturated rings. The van der Waals surface area contributed by atoms with Crippen LogP contribution in [0.2, 0.25) is 0 Å². The highest BCUT2D eigenvalue weighted by molar-refractivity contribution is 5.47. The lowest BCUT2D eigenvalue weighted by Crippen LogP contribution is -1.97. The lowest BCUT2D eigenvalue weighted by Gasteiger charge is -2.16. The van der Waals surface area contributed by atoms with Crippen molar-refractivity contribution in [3.05, 3.63) is 58.7 Å². The largest absolute Gasteiger partial charge is 0.0958 e. The smallest absolute Gasteiger partial charge is 0.0239 e. The Bertz CT molecular complexity index is 411. The van der Waals surface area contributed by atoms with Crippen molar-refractivity contribution in [2.24, 2.45) is 0 Å². The molecule has 1 rings (SSSR count). The van der Waals surface area contributed by atoms with Gasteiger partial charge in [-0.2, -0.15) is 0 Å². The van der Waals surface area contributed by atoms with Crippen LogP contribution in [0.4, 0.5) is 0 Å². The average molecular weight is 228 g/mol. The maximum atomic E-state index is 4.04. The Morgan fingerprint density at radius 2 is 2.06 bits per heavy atom. The van der Waals surface area contributed by atoms with Crippen LogP contribution in [0.25, 0.3) is 0 Å². The number of hydrogen-bond donors (Lipinski definition) is 0. The molecule has 0 aromatic heterocycles. The standard InChI is InChI=1S/C17H24/c1-6-7-8-14(4)11-17-12-16(13(2)3)10-9-15(17)5/h7-8,11-12H,2,6,9-10H2,1,3-5H3/b8-7-,14-11+. The third kappa shape index (κ3) is 4.22. The third-order valence-electron chi connectivity index (χ3n) is 3.14. The van der Waals surface area contributed by atoms with Crippen molar-refractivity contribution in [1.82, 2.24) is 0 Å². The van der Waals surface area contributed by atoms with Crippen LogP contribution < -0.4 is 0 Å². The molecule has 17 heavy (non-hydrogen) atoms. The van der Waals surface area contributed by atoms with Crippen molar-refractivity contribution in [2.75, 3.05) is 0 Å².